The largest absolute Gasteiger partial charge is 0.188 e. The summed E-state index contributed by atoms with van der Waals surface area (Å²) in [4.78, 5) is 0. The minimum atomic E-state index is -1.11. The van der Waals surface area contributed by atoms with Gasteiger partial charge in [0.2, 0.25) is 0 Å². The molecule has 0 aromatic rings. The highest BCUT2D eigenvalue weighted by Crippen LogP contribution is 2.63. The first-order valence-electron chi connectivity index (χ1n) is 6.32. The zero-order valence-electron chi connectivity index (χ0n) is 12.8. The van der Waals surface area contributed by atoms with Gasteiger partial charge in [-0.25, -0.2) is 0 Å². The summed E-state index contributed by atoms with van der Waals surface area (Å²) in [5, 5.41) is 0. The maximum atomic E-state index is 2.67. The van der Waals surface area contributed by atoms with Crippen LogP contribution in [0.25, 0.3) is 0 Å². The smallest absolute Gasteiger partial charge is 0.187 e. The van der Waals surface area contributed by atoms with Gasteiger partial charge in [0.15, 0.2) is 14.9 Å². The number of rotatable bonds is 4. The molecule has 99 valence electrons. The zero-order valence-corrected chi connectivity index (χ0v) is 19.4. The van der Waals surface area contributed by atoms with E-state index in [1.54, 1.807) is 0 Å². The lowest BCUT2D eigenvalue weighted by atomic mass is 11.6. The summed E-state index contributed by atoms with van der Waals surface area (Å²) >= 11 is 0. The Bertz CT molecular complexity index is 247. The molecule has 1 aliphatic heterocycles. The van der Waals surface area contributed by atoms with E-state index >= 15 is 0 Å². The third kappa shape index (κ3) is 2.66. The van der Waals surface area contributed by atoms with Crippen molar-refractivity contribution >= 4 is 60.5 Å². The molecule has 0 spiro atoms. The lowest BCUT2D eigenvalue weighted by Crippen LogP contribution is -2.72. The lowest BCUT2D eigenvalue weighted by Gasteiger charge is -2.63. The van der Waals surface area contributed by atoms with E-state index in [4.69, 9.17) is 0 Å². The summed E-state index contributed by atoms with van der Waals surface area (Å²) < 4.78 is 0.859. The highest BCUT2D eigenvalue weighted by atomic mass is 32.9. The number of hydrogen-bond donors (Lipinski definition) is 0. The molecule has 7 heteroatoms. The van der Waals surface area contributed by atoms with Crippen molar-refractivity contribution < 1.29 is 0 Å². The Balaban J connectivity index is 3.41. The Morgan fingerprint density at radius 3 is 1.06 bits per heavy atom. The highest BCUT2D eigenvalue weighted by molar-refractivity contribution is 8.91. The summed E-state index contributed by atoms with van der Waals surface area (Å²) in [7, 11) is 2.42. The molecule has 1 aliphatic rings. The van der Waals surface area contributed by atoms with Gasteiger partial charge in [0.05, 0.1) is 0 Å². The van der Waals surface area contributed by atoms with Crippen LogP contribution in [0.5, 0.6) is 0 Å². The molecule has 0 aromatic carbocycles. The molecule has 0 bridgehead atoms. The minimum absolute atomic E-state index is 0.187. The molecule has 17 heavy (non-hydrogen) atoms. The average molecular weight is 352 g/mol. The predicted molar refractivity (Wildman–Crippen MR) is 99.4 cm³/mol. The van der Waals surface area contributed by atoms with Crippen LogP contribution in [0.3, 0.4) is 0 Å². The molecule has 0 saturated carbocycles. The maximum Gasteiger partial charge on any atom is 0.188 e. The molecule has 0 unspecified atom stereocenters. The van der Waals surface area contributed by atoms with Crippen LogP contribution in [-0.4, -0.2) is 39.1 Å². The molecule has 3 radical (unpaired) electrons. The quantitative estimate of drug-likeness (QED) is 0.663. The van der Waals surface area contributed by atoms with E-state index in [1.165, 1.54) is 0 Å². The highest BCUT2D eigenvalue weighted by Gasteiger charge is 2.66. The Morgan fingerprint density at radius 2 is 1.00 bits per heavy atom. The lowest BCUT2D eigenvalue weighted by molar-refractivity contribution is 1.24. The van der Waals surface area contributed by atoms with Gasteiger partial charge in [0.25, 0.3) is 0 Å². The topological polar surface area (TPSA) is 0 Å². The van der Waals surface area contributed by atoms with Crippen LogP contribution >= 0.6 is 21.3 Å². The van der Waals surface area contributed by atoms with Gasteiger partial charge in [-0.1, -0.05) is 58.9 Å². The molecule has 0 aromatic heterocycles. The van der Waals surface area contributed by atoms with Gasteiger partial charge in [-0.2, -0.15) is 21.3 Å². The van der Waals surface area contributed by atoms with Crippen LogP contribution < -0.4 is 0 Å². The monoisotopic (exact) mass is 351 g/mol. The fraction of sp³-hybridized carbons (Fsp3) is 1.00. The summed E-state index contributed by atoms with van der Waals surface area (Å²) in [6.45, 7) is 24.0. The van der Waals surface area contributed by atoms with Crippen molar-refractivity contribution in [2.45, 2.75) is 62.8 Å². The van der Waals surface area contributed by atoms with Gasteiger partial charge in [-0.3, -0.25) is 0 Å². The first-order valence-corrected chi connectivity index (χ1v) is 23.8. The van der Waals surface area contributed by atoms with E-state index in [1.807, 2.05) is 0 Å². The third-order valence-electron chi connectivity index (χ3n) is 3.95. The van der Waals surface area contributed by atoms with Gasteiger partial charge >= 0.3 is 0 Å². The van der Waals surface area contributed by atoms with Crippen LogP contribution in [-0.2, 0) is 0 Å². The van der Waals surface area contributed by atoms with Crippen molar-refractivity contribution in [2.75, 3.05) is 0 Å². The van der Waals surface area contributed by atoms with Crippen LogP contribution in [0, 0.1) is 0 Å². The Labute approximate surface area is 123 Å². The Kier molecular flexibility index (Phi) is 4.91. The zero-order chi connectivity index (χ0) is 13.7. The van der Waals surface area contributed by atoms with Gasteiger partial charge in [0, 0.05) is 24.2 Å². The predicted octanol–water partition coefficient (Wildman–Crippen LogP) is 4.86. The van der Waals surface area contributed by atoms with Gasteiger partial charge in [0.1, 0.15) is 0 Å². The molecule has 1 fully saturated rings. The van der Waals surface area contributed by atoms with Crippen molar-refractivity contribution in [1.82, 2.24) is 0 Å². The maximum absolute atomic E-state index is 2.67. The molecule has 1 heterocycles. The van der Waals surface area contributed by atoms with E-state index in [-0.39, 0.29) is 7.10 Å². The summed E-state index contributed by atoms with van der Waals surface area (Å²) in [5.41, 5.74) is 0. The second-order valence-electron chi connectivity index (χ2n) is 8.07. The summed E-state index contributed by atoms with van der Waals surface area (Å²) in [6.07, 6.45) is 0. The van der Waals surface area contributed by atoms with Crippen LogP contribution in [0.4, 0.5) is 0 Å². The van der Waals surface area contributed by atoms with Crippen LogP contribution in [0.2, 0.25) is 62.8 Å². The molecule has 0 aliphatic carbocycles. The average Bonchev–Trinajstić information content (AvgIpc) is 1.86. The molecule has 1 rings (SSSR count). The van der Waals surface area contributed by atoms with E-state index in [0.717, 1.165) is 11.7 Å². The van der Waals surface area contributed by atoms with E-state index in [9.17, 15) is 0 Å². The second kappa shape index (κ2) is 4.96. The van der Waals surface area contributed by atoms with Crippen molar-refractivity contribution in [1.29, 1.82) is 0 Å². The summed E-state index contributed by atoms with van der Waals surface area (Å²) in [5.74, 6) is 0. The second-order valence-corrected chi connectivity index (χ2v) is 38.8. The fourth-order valence-corrected chi connectivity index (χ4v) is 74.3. The minimum Gasteiger partial charge on any atom is -0.187 e. The van der Waals surface area contributed by atoms with E-state index in [0.29, 0.717) is 0 Å². The Morgan fingerprint density at radius 1 is 0.706 bits per heavy atom. The normalized spacial score (nSPS) is 20.3. The van der Waals surface area contributed by atoms with Crippen molar-refractivity contribution in [3.8, 4) is 0 Å². The van der Waals surface area contributed by atoms with Gasteiger partial charge < -0.3 is 0 Å². The van der Waals surface area contributed by atoms with Crippen molar-refractivity contribution in [3.05, 3.63) is 0 Å². The first kappa shape index (κ1) is 16.8. The summed E-state index contributed by atoms with van der Waals surface area (Å²) in [6, 6.07) is 0. The van der Waals surface area contributed by atoms with Gasteiger partial charge in [-0.15, -0.1) is 0 Å². The van der Waals surface area contributed by atoms with Crippen molar-refractivity contribution in [2.24, 2.45) is 0 Å². The molecule has 0 atom stereocenters. The third-order valence-corrected chi connectivity index (χ3v) is 54.9. The van der Waals surface area contributed by atoms with E-state index < -0.39 is 24.2 Å². The molecule has 0 N–H and O–H groups in total. The molecule has 1 saturated heterocycles. The van der Waals surface area contributed by atoms with E-state index in [2.05, 4.69) is 80.2 Å². The first-order chi connectivity index (χ1) is 7.36. The molecular formula is C10H27S2Si5. The Hall–Kier alpha value is 1.78. The SMILES string of the molecule is C[Si](C)(C)C([Si]1S[Si]S1)([Si](C)(C)C)[Si](C)(C)C. The fourth-order valence-electron chi connectivity index (χ4n) is 4.53. The molecular weight excluding hydrogens is 325 g/mol. The standard InChI is InChI=1S/C10H27S2Si5/c1-15(2,3)10(16(4,5)6,17(7,8)9)14-11-13-12-14/h1-9H3. The molecule has 0 amide bonds. The van der Waals surface area contributed by atoms with Crippen molar-refractivity contribution in [3.63, 3.8) is 0 Å². The number of hydrogen-bond acceptors (Lipinski definition) is 2. The van der Waals surface area contributed by atoms with Crippen LogP contribution in [0.1, 0.15) is 0 Å². The van der Waals surface area contributed by atoms with Crippen LogP contribution in [0.15, 0.2) is 0 Å². The van der Waals surface area contributed by atoms with Gasteiger partial charge in [-0.05, 0) is 3.91 Å². The molecule has 0 nitrogen and oxygen atoms in total.